The van der Waals surface area contributed by atoms with Gasteiger partial charge in [-0.1, -0.05) is 68.2 Å². The number of halogens is 6. The molecule has 2 aromatic carbocycles. The minimum absolute atomic E-state index is 0.188. The van der Waals surface area contributed by atoms with E-state index in [0.717, 1.165) is 0 Å². The van der Waals surface area contributed by atoms with Crippen LogP contribution in [0.15, 0.2) is 36.4 Å². The number of rotatable bonds is 4. The van der Waals surface area contributed by atoms with E-state index >= 15 is 4.39 Å². The number of carbonyl (C=O) groups excluding carboxylic acids is 2. The van der Waals surface area contributed by atoms with Gasteiger partial charge in [0.1, 0.15) is 17.3 Å². The fraction of sp³-hybridized carbons (Fsp3) is 0.423. The van der Waals surface area contributed by atoms with Gasteiger partial charge in [0, 0.05) is 17.0 Å². The zero-order chi connectivity index (χ0) is 27.9. The monoisotopic (exact) mass is 558 g/mol. The summed E-state index contributed by atoms with van der Waals surface area (Å²) < 4.78 is 58.3. The number of benzene rings is 2. The van der Waals surface area contributed by atoms with E-state index in [4.69, 9.17) is 23.2 Å². The van der Waals surface area contributed by atoms with Crippen molar-refractivity contribution < 1.29 is 31.9 Å². The summed E-state index contributed by atoms with van der Waals surface area (Å²) in [5.41, 5.74) is -1.38. The van der Waals surface area contributed by atoms with Crippen LogP contribution < -0.4 is 5.32 Å². The van der Waals surface area contributed by atoms with Crippen LogP contribution in [0.2, 0.25) is 10.0 Å². The van der Waals surface area contributed by atoms with Crippen LogP contribution in [-0.4, -0.2) is 30.2 Å². The van der Waals surface area contributed by atoms with Gasteiger partial charge in [0.05, 0.1) is 11.1 Å². The van der Waals surface area contributed by atoms with Crippen molar-refractivity contribution in [2.24, 2.45) is 5.41 Å². The van der Waals surface area contributed by atoms with Gasteiger partial charge >= 0.3 is 18.1 Å². The third-order valence-corrected chi connectivity index (χ3v) is 7.10. The molecule has 5 nitrogen and oxygen atoms in total. The molecule has 0 aromatic heterocycles. The molecule has 1 fully saturated rings. The molecule has 1 heterocycles. The van der Waals surface area contributed by atoms with E-state index in [1.54, 1.807) is 25.1 Å². The third kappa shape index (κ3) is 5.62. The van der Waals surface area contributed by atoms with E-state index in [1.807, 2.05) is 20.8 Å². The average molecular weight is 559 g/mol. The molecule has 0 saturated carbocycles. The SMILES string of the molecule is Cc1cc([C@@]2(C#N)[C@H](CC(C)(C)C)N[C@@H](C(=O)OC(=O)C(F)(F)F)[C@@H]2c2cccc(Cl)c2F)ccc1Cl. The van der Waals surface area contributed by atoms with Crippen LogP contribution >= 0.6 is 23.2 Å². The van der Waals surface area contributed by atoms with Crippen molar-refractivity contribution in [1.29, 1.82) is 5.26 Å². The molecule has 1 N–H and O–H groups in total. The third-order valence-electron chi connectivity index (χ3n) is 6.39. The molecule has 1 saturated heterocycles. The molecular formula is C26H24Cl2F4N2O3. The van der Waals surface area contributed by atoms with Gasteiger partial charge in [-0.2, -0.15) is 18.4 Å². The number of aryl methyl sites for hydroxylation is 1. The van der Waals surface area contributed by atoms with E-state index < -0.39 is 52.8 Å². The van der Waals surface area contributed by atoms with Crippen LogP contribution in [0.25, 0.3) is 0 Å². The molecule has 37 heavy (non-hydrogen) atoms. The van der Waals surface area contributed by atoms with E-state index in [0.29, 0.717) is 16.1 Å². The van der Waals surface area contributed by atoms with E-state index in [1.165, 1.54) is 18.2 Å². The standard InChI is InChI=1S/C26H24Cl2F4N2O3/c1-13-10-14(8-9-16(13)27)25(12-33)18(11-24(2,3)4)34-21(22(35)37-23(36)26(30,31)32)19(25)15-6-5-7-17(28)20(15)29/h5-10,18-19,21,34H,11H2,1-4H3/t18-,19-,21+,25-/m0/s1. The Morgan fingerprint density at radius 1 is 1.14 bits per heavy atom. The smallest absolute Gasteiger partial charge is 0.385 e. The summed E-state index contributed by atoms with van der Waals surface area (Å²) in [6.45, 7) is 7.31. The van der Waals surface area contributed by atoms with Gasteiger partial charge in [-0.15, -0.1) is 0 Å². The van der Waals surface area contributed by atoms with Gasteiger partial charge in [-0.05, 0) is 47.6 Å². The molecule has 3 rings (SSSR count). The van der Waals surface area contributed by atoms with E-state index in [2.05, 4.69) is 16.1 Å². The minimum Gasteiger partial charge on any atom is -0.385 e. The van der Waals surface area contributed by atoms with Crippen LogP contribution in [0.5, 0.6) is 0 Å². The summed E-state index contributed by atoms with van der Waals surface area (Å²) in [4.78, 5) is 24.6. The second kappa shape index (κ2) is 10.2. The van der Waals surface area contributed by atoms with Crippen molar-refractivity contribution in [3.8, 4) is 6.07 Å². The van der Waals surface area contributed by atoms with E-state index in [-0.39, 0.29) is 17.0 Å². The molecule has 0 amide bonds. The van der Waals surface area contributed by atoms with Crippen LogP contribution in [-0.2, 0) is 19.7 Å². The van der Waals surface area contributed by atoms with Crippen LogP contribution in [0.4, 0.5) is 17.6 Å². The van der Waals surface area contributed by atoms with E-state index in [9.17, 15) is 28.0 Å². The van der Waals surface area contributed by atoms with Crippen molar-refractivity contribution in [2.75, 3.05) is 0 Å². The lowest BCUT2D eigenvalue weighted by molar-refractivity contribution is -0.202. The normalized spacial score (nSPS) is 24.0. The van der Waals surface area contributed by atoms with Crippen LogP contribution in [0, 0.1) is 29.5 Å². The molecule has 198 valence electrons. The zero-order valence-corrected chi connectivity index (χ0v) is 21.9. The maximum atomic E-state index is 15.5. The highest BCUT2D eigenvalue weighted by molar-refractivity contribution is 6.31. The summed E-state index contributed by atoms with van der Waals surface area (Å²) in [6, 6.07) is 8.36. The van der Waals surface area contributed by atoms with Crippen molar-refractivity contribution >= 4 is 35.1 Å². The average Bonchev–Trinajstić information content (AvgIpc) is 3.10. The highest BCUT2D eigenvalue weighted by Gasteiger charge is 2.61. The molecule has 1 aliphatic rings. The number of nitrogens with one attached hydrogen (secondary N) is 1. The Balaban J connectivity index is 2.33. The zero-order valence-electron chi connectivity index (χ0n) is 20.3. The summed E-state index contributed by atoms with van der Waals surface area (Å²) in [5.74, 6) is -6.67. The van der Waals surface area contributed by atoms with Gasteiger partial charge in [-0.3, -0.25) is 5.32 Å². The molecule has 4 atom stereocenters. The molecule has 0 aliphatic carbocycles. The maximum absolute atomic E-state index is 15.5. The quantitative estimate of drug-likeness (QED) is 0.267. The molecule has 1 aliphatic heterocycles. The number of nitriles is 1. The number of carbonyl (C=O) groups is 2. The molecule has 2 aromatic rings. The first-order valence-electron chi connectivity index (χ1n) is 11.2. The summed E-state index contributed by atoms with van der Waals surface area (Å²) in [6.07, 6.45) is -5.19. The second-order valence-electron chi connectivity index (χ2n) is 10.2. The summed E-state index contributed by atoms with van der Waals surface area (Å²) >= 11 is 12.2. The van der Waals surface area contributed by atoms with Gasteiger partial charge in [0.25, 0.3) is 0 Å². The summed E-state index contributed by atoms with van der Waals surface area (Å²) in [5, 5.41) is 13.7. The molecule has 0 spiro atoms. The Morgan fingerprint density at radius 2 is 1.78 bits per heavy atom. The predicted molar refractivity (Wildman–Crippen MR) is 130 cm³/mol. The second-order valence-corrected chi connectivity index (χ2v) is 11.0. The number of nitrogens with zero attached hydrogens (tertiary/aromatic N) is 1. The number of hydrogen-bond acceptors (Lipinski definition) is 5. The Kier molecular flexibility index (Phi) is 8.00. The van der Waals surface area contributed by atoms with Gasteiger partial charge in [0.15, 0.2) is 0 Å². The maximum Gasteiger partial charge on any atom is 0.491 e. The highest BCUT2D eigenvalue weighted by atomic mass is 35.5. The lowest BCUT2D eigenvalue weighted by Crippen LogP contribution is -2.44. The molecule has 0 bridgehead atoms. The van der Waals surface area contributed by atoms with Crippen molar-refractivity contribution in [2.45, 2.75) is 63.7 Å². The fourth-order valence-electron chi connectivity index (χ4n) is 4.85. The van der Waals surface area contributed by atoms with Gasteiger partial charge < -0.3 is 4.74 Å². The van der Waals surface area contributed by atoms with Crippen LogP contribution in [0.1, 0.15) is 49.8 Å². The first-order chi connectivity index (χ1) is 17.0. The number of ether oxygens (including phenoxy) is 1. The lowest BCUT2D eigenvalue weighted by atomic mass is 9.62. The van der Waals surface area contributed by atoms with Crippen molar-refractivity contribution in [1.82, 2.24) is 5.32 Å². The number of hydrogen-bond donors (Lipinski definition) is 1. The van der Waals surface area contributed by atoms with Crippen molar-refractivity contribution in [3.05, 3.63) is 69.0 Å². The van der Waals surface area contributed by atoms with Crippen molar-refractivity contribution in [3.63, 3.8) is 0 Å². The molecule has 0 radical (unpaired) electrons. The number of alkyl halides is 3. The first-order valence-corrected chi connectivity index (χ1v) is 12.0. The molecule has 0 unspecified atom stereocenters. The predicted octanol–water partition coefficient (Wildman–Crippen LogP) is 6.39. The lowest BCUT2D eigenvalue weighted by Gasteiger charge is -2.37. The number of esters is 2. The highest BCUT2D eigenvalue weighted by Crippen LogP contribution is 2.52. The Labute approximate surface area is 221 Å². The van der Waals surface area contributed by atoms with Crippen LogP contribution in [0.3, 0.4) is 0 Å². The Morgan fingerprint density at radius 3 is 2.32 bits per heavy atom. The first kappa shape index (κ1) is 28.9. The molecule has 11 heteroatoms. The topological polar surface area (TPSA) is 79.2 Å². The fourth-order valence-corrected chi connectivity index (χ4v) is 5.15. The minimum atomic E-state index is -5.44. The largest absolute Gasteiger partial charge is 0.491 e. The van der Waals surface area contributed by atoms with Gasteiger partial charge in [0.2, 0.25) is 0 Å². The van der Waals surface area contributed by atoms with Gasteiger partial charge in [-0.25, -0.2) is 14.0 Å². The Bertz CT molecular complexity index is 1270. The Hall–Kier alpha value is -2.67. The summed E-state index contributed by atoms with van der Waals surface area (Å²) in [7, 11) is 0. The molecular weight excluding hydrogens is 535 g/mol.